The van der Waals surface area contributed by atoms with Crippen LogP contribution in [0.4, 0.5) is 0 Å². The summed E-state index contributed by atoms with van der Waals surface area (Å²) in [5, 5.41) is 10.2. The number of methoxy groups -OCH3 is 1. The standard InChI is InChI=1S/C15H14O5/c1-8(7-11(16)20-2)12-13(17)9-5-3-4-6-10(9)14(18)15(12)19/h3-6,8,17H,7H2,1-2H3/t8-/m1/s1. The number of ketones is 2. The second-order valence-electron chi connectivity index (χ2n) is 4.65. The zero-order chi connectivity index (χ0) is 14.9. The van der Waals surface area contributed by atoms with Crippen LogP contribution in [0.5, 0.6) is 0 Å². The lowest BCUT2D eigenvalue weighted by atomic mass is 9.82. The molecule has 0 spiro atoms. The number of benzene rings is 1. The lowest BCUT2D eigenvalue weighted by Crippen LogP contribution is -2.28. The minimum atomic E-state index is -0.766. The Morgan fingerprint density at radius 2 is 1.80 bits per heavy atom. The van der Waals surface area contributed by atoms with Crippen LogP contribution in [-0.4, -0.2) is 29.8 Å². The van der Waals surface area contributed by atoms with Gasteiger partial charge in [-0.3, -0.25) is 14.4 Å². The summed E-state index contributed by atoms with van der Waals surface area (Å²) in [4.78, 5) is 35.4. The number of aliphatic hydroxyl groups excluding tert-OH is 1. The zero-order valence-corrected chi connectivity index (χ0v) is 11.2. The summed E-state index contributed by atoms with van der Waals surface area (Å²) < 4.78 is 4.54. The van der Waals surface area contributed by atoms with Crippen molar-refractivity contribution < 1.29 is 24.2 Å². The Kier molecular flexibility index (Phi) is 3.70. The Morgan fingerprint density at radius 1 is 1.20 bits per heavy atom. The van der Waals surface area contributed by atoms with Crippen molar-refractivity contribution in [1.82, 2.24) is 0 Å². The highest BCUT2D eigenvalue weighted by Gasteiger charge is 2.35. The number of fused-ring (bicyclic) bond motifs is 1. The highest BCUT2D eigenvalue weighted by Crippen LogP contribution is 2.32. The van der Waals surface area contributed by atoms with Crippen LogP contribution in [0.25, 0.3) is 5.76 Å². The summed E-state index contributed by atoms with van der Waals surface area (Å²) in [5.41, 5.74) is 0.479. The molecule has 1 aliphatic rings. The lowest BCUT2D eigenvalue weighted by molar-refractivity contribution is -0.141. The molecule has 1 aliphatic carbocycles. The van der Waals surface area contributed by atoms with E-state index < -0.39 is 23.5 Å². The van der Waals surface area contributed by atoms with Crippen molar-refractivity contribution >= 4 is 23.3 Å². The van der Waals surface area contributed by atoms with Crippen LogP contribution < -0.4 is 0 Å². The van der Waals surface area contributed by atoms with Gasteiger partial charge >= 0.3 is 5.97 Å². The fourth-order valence-corrected chi connectivity index (χ4v) is 2.28. The molecule has 1 N–H and O–H groups in total. The van der Waals surface area contributed by atoms with Crippen molar-refractivity contribution in [3.8, 4) is 0 Å². The number of allylic oxidation sites excluding steroid dienone is 1. The number of Topliss-reactive ketones (excluding diaryl/α,β-unsaturated/α-hetero) is 2. The molecule has 0 fully saturated rings. The van der Waals surface area contributed by atoms with E-state index >= 15 is 0 Å². The molecule has 0 saturated heterocycles. The quantitative estimate of drug-likeness (QED) is 0.672. The first-order valence-corrected chi connectivity index (χ1v) is 6.15. The van der Waals surface area contributed by atoms with E-state index in [1.165, 1.54) is 13.2 Å². The predicted octanol–water partition coefficient (Wildman–Crippen LogP) is 1.92. The van der Waals surface area contributed by atoms with Crippen molar-refractivity contribution in [2.75, 3.05) is 7.11 Å². The van der Waals surface area contributed by atoms with Gasteiger partial charge in [0.1, 0.15) is 5.76 Å². The molecule has 1 atom stereocenters. The van der Waals surface area contributed by atoms with Crippen LogP contribution in [0.2, 0.25) is 0 Å². The van der Waals surface area contributed by atoms with E-state index in [1.807, 2.05) is 0 Å². The molecular formula is C15H14O5. The van der Waals surface area contributed by atoms with E-state index in [-0.39, 0.29) is 23.3 Å². The molecule has 1 aromatic carbocycles. The molecule has 5 nitrogen and oxygen atoms in total. The maximum atomic E-state index is 12.1. The maximum absolute atomic E-state index is 12.1. The van der Waals surface area contributed by atoms with Crippen molar-refractivity contribution in [1.29, 1.82) is 0 Å². The summed E-state index contributed by atoms with van der Waals surface area (Å²) in [6.45, 7) is 1.60. The molecule has 0 heterocycles. The number of carbonyl (C=O) groups excluding carboxylic acids is 3. The normalized spacial score (nSPS) is 15.9. The van der Waals surface area contributed by atoms with E-state index in [4.69, 9.17) is 0 Å². The summed E-state index contributed by atoms with van der Waals surface area (Å²) in [6.07, 6.45) is -0.0723. The smallest absolute Gasteiger partial charge is 0.306 e. The van der Waals surface area contributed by atoms with Crippen molar-refractivity contribution in [3.63, 3.8) is 0 Å². The molecule has 5 heteroatoms. The van der Waals surface area contributed by atoms with Gasteiger partial charge in [0.05, 0.1) is 13.5 Å². The molecule has 0 saturated carbocycles. The van der Waals surface area contributed by atoms with E-state index in [1.54, 1.807) is 25.1 Å². The minimum absolute atomic E-state index is 0.0286. The fraction of sp³-hybridized carbons (Fsp3) is 0.267. The average Bonchev–Trinajstić information content (AvgIpc) is 2.45. The Balaban J connectivity index is 2.49. The Morgan fingerprint density at radius 3 is 2.40 bits per heavy atom. The molecular weight excluding hydrogens is 260 g/mol. The van der Waals surface area contributed by atoms with Crippen LogP contribution in [0.1, 0.15) is 29.3 Å². The maximum Gasteiger partial charge on any atom is 0.306 e. The topological polar surface area (TPSA) is 80.7 Å². The third-order valence-electron chi connectivity index (χ3n) is 3.33. The van der Waals surface area contributed by atoms with Gasteiger partial charge in [-0.1, -0.05) is 31.2 Å². The van der Waals surface area contributed by atoms with Gasteiger partial charge in [0.2, 0.25) is 11.6 Å². The molecule has 0 unspecified atom stereocenters. The third kappa shape index (κ3) is 2.22. The number of esters is 1. The second kappa shape index (κ2) is 5.28. The molecule has 0 bridgehead atoms. The molecule has 0 aliphatic heterocycles. The monoisotopic (exact) mass is 274 g/mol. The van der Waals surface area contributed by atoms with Gasteiger partial charge in [-0.15, -0.1) is 0 Å². The molecule has 0 amide bonds. The highest BCUT2D eigenvalue weighted by molar-refractivity contribution is 6.52. The minimum Gasteiger partial charge on any atom is -0.507 e. The van der Waals surface area contributed by atoms with Crippen LogP contribution in [0.15, 0.2) is 29.8 Å². The highest BCUT2D eigenvalue weighted by atomic mass is 16.5. The van der Waals surface area contributed by atoms with Crippen LogP contribution in [0.3, 0.4) is 0 Å². The molecule has 20 heavy (non-hydrogen) atoms. The number of hydrogen-bond donors (Lipinski definition) is 1. The van der Waals surface area contributed by atoms with Crippen molar-refractivity contribution in [2.45, 2.75) is 13.3 Å². The van der Waals surface area contributed by atoms with E-state index in [9.17, 15) is 19.5 Å². The van der Waals surface area contributed by atoms with Crippen molar-refractivity contribution in [3.05, 3.63) is 41.0 Å². The molecule has 0 radical (unpaired) electrons. The Hall–Kier alpha value is -2.43. The number of rotatable bonds is 3. The zero-order valence-electron chi connectivity index (χ0n) is 11.2. The summed E-state index contributed by atoms with van der Waals surface area (Å²) >= 11 is 0. The number of aliphatic hydroxyl groups is 1. The first kappa shape index (κ1) is 14.0. The van der Waals surface area contributed by atoms with Gasteiger partial charge in [0.25, 0.3) is 0 Å². The molecule has 2 rings (SSSR count). The summed E-state index contributed by atoms with van der Waals surface area (Å²) in [6, 6.07) is 6.36. The first-order valence-electron chi connectivity index (χ1n) is 6.15. The van der Waals surface area contributed by atoms with E-state index in [2.05, 4.69) is 4.74 Å². The van der Waals surface area contributed by atoms with Crippen LogP contribution >= 0.6 is 0 Å². The van der Waals surface area contributed by atoms with Gasteiger partial charge < -0.3 is 9.84 Å². The Labute approximate surface area is 115 Å². The number of ether oxygens (including phenoxy) is 1. The van der Waals surface area contributed by atoms with E-state index in [0.29, 0.717) is 5.56 Å². The van der Waals surface area contributed by atoms with Crippen LogP contribution in [-0.2, 0) is 14.3 Å². The molecule has 1 aromatic rings. The van der Waals surface area contributed by atoms with Crippen LogP contribution in [0, 0.1) is 5.92 Å². The first-order chi connectivity index (χ1) is 9.47. The third-order valence-corrected chi connectivity index (χ3v) is 3.33. The summed E-state index contributed by atoms with van der Waals surface area (Å²) in [7, 11) is 1.24. The molecule has 0 aromatic heterocycles. The van der Waals surface area contributed by atoms with Gasteiger partial charge in [-0.2, -0.15) is 0 Å². The van der Waals surface area contributed by atoms with Crippen molar-refractivity contribution in [2.24, 2.45) is 5.92 Å². The SMILES string of the molecule is COC(=O)C[C@@H](C)C1=C(O)c2ccccc2C(=O)C1=O. The van der Waals surface area contributed by atoms with Gasteiger partial charge in [-0.25, -0.2) is 0 Å². The lowest BCUT2D eigenvalue weighted by Gasteiger charge is -2.21. The number of carbonyl (C=O) groups is 3. The van der Waals surface area contributed by atoms with E-state index in [0.717, 1.165) is 0 Å². The Bertz CT molecular complexity index is 627. The van der Waals surface area contributed by atoms with Gasteiger partial charge in [0.15, 0.2) is 0 Å². The second-order valence-corrected chi connectivity index (χ2v) is 4.65. The fourth-order valence-electron chi connectivity index (χ4n) is 2.28. The largest absolute Gasteiger partial charge is 0.507 e. The van der Waals surface area contributed by atoms with Gasteiger partial charge in [0, 0.05) is 16.7 Å². The molecule has 104 valence electrons. The average molecular weight is 274 g/mol. The number of hydrogen-bond acceptors (Lipinski definition) is 5. The van der Waals surface area contributed by atoms with Gasteiger partial charge in [-0.05, 0) is 5.92 Å². The summed E-state index contributed by atoms with van der Waals surface area (Å²) in [5.74, 6) is -2.76. The predicted molar refractivity (Wildman–Crippen MR) is 71.1 cm³/mol.